The summed E-state index contributed by atoms with van der Waals surface area (Å²) in [6, 6.07) is 0. The monoisotopic (exact) mass is 207 g/mol. The van der Waals surface area contributed by atoms with Gasteiger partial charge >= 0.3 is 0 Å². The summed E-state index contributed by atoms with van der Waals surface area (Å²) in [6.07, 6.45) is 6.06. The second-order valence-electron chi connectivity index (χ2n) is 5.00. The zero-order chi connectivity index (χ0) is 11.1. The standard InChI is InChI=1S/C12H21N3/c1-4-6-9-10(12(2)7-5-8-12)14-15(3)11(9)13/h4-8,13H2,1-3H3. The van der Waals surface area contributed by atoms with Crippen molar-refractivity contribution in [3.63, 3.8) is 0 Å². The van der Waals surface area contributed by atoms with Gasteiger partial charge in [-0.15, -0.1) is 0 Å². The molecule has 1 heterocycles. The molecule has 15 heavy (non-hydrogen) atoms. The number of aryl methyl sites for hydroxylation is 1. The zero-order valence-corrected chi connectivity index (χ0v) is 10.0. The van der Waals surface area contributed by atoms with E-state index in [1.54, 1.807) is 0 Å². The predicted molar refractivity (Wildman–Crippen MR) is 62.8 cm³/mol. The predicted octanol–water partition coefficient (Wildman–Crippen LogP) is 2.40. The summed E-state index contributed by atoms with van der Waals surface area (Å²) in [5, 5.41) is 4.61. The smallest absolute Gasteiger partial charge is 0.124 e. The molecule has 0 aromatic carbocycles. The molecule has 1 aliphatic rings. The molecule has 0 unspecified atom stereocenters. The highest BCUT2D eigenvalue weighted by Crippen LogP contribution is 2.44. The number of rotatable bonds is 3. The van der Waals surface area contributed by atoms with Crippen molar-refractivity contribution >= 4 is 5.82 Å². The van der Waals surface area contributed by atoms with Crippen LogP contribution in [0.5, 0.6) is 0 Å². The molecule has 3 heteroatoms. The van der Waals surface area contributed by atoms with Crippen LogP contribution in [-0.2, 0) is 18.9 Å². The van der Waals surface area contributed by atoms with Crippen molar-refractivity contribution in [3.8, 4) is 0 Å². The average Bonchev–Trinajstić information content (AvgIpc) is 2.43. The van der Waals surface area contributed by atoms with E-state index in [9.17, 15) is 0 Å². The number of hydrogen-bond donors (Lipinski definition) is 1. The Hall–Kier alpha value is -0.990. The van der Waals surface area contributed by atoms with Gasteiger partial charge in [-0.25, -0.2) is 0 Å². The van der Waals surface area contributed by atoms with Gasteiger partial charge < -0.3 is 5.73 Å². The Morgan fingerprint density at radius 2 is 2.13 bits per heavy atom. The van der Waals surface area contributed by atoms with Crippen LogP contribution >= 0.6 is 0 Å². The Labute approximate surface area is 91.7 Å². The zero-order valence-electron chi connectivity index (χ0n) is 10.0. The summed E-state index contributed by atoms with van der Waals surface area (Å²) in [4.78, 5) is 0. The van der Waals surface area contributed by atoms with E-state index in [-0.39, 0.29) is 0 Å². The average molecular weight is 207 g/mol. The van der Waals surface area contributed by atoms with E-state index < -0.39 is 0 Å². The molecular formula is C12H21N3. The van der Waals surface area contributed by atoms with Gasteiger partial charge in [0.25, 0.3) is 0 Å². The van der Waals surface area contributed by atoms with Gasteiger partial charge in [0.15, 0.2) is 0 Å². The Bertz CT molecular complexity index is 361. The maximum absolute atomic E-state index is 6.07. The molecule has 1 saturated carbocycles. The molecule has 2 rings (SSSR count). The normalized spacial score (nSPS) is 18.9. The molecule has 1 fully saturated rings. The SMILES string of the molecule is CCCc1c(C2(C)CCC2)nn(C)c1N. The minimum absolute atomic E-state index is 0.305. The highest BCUT2D eigenvalue weighted by Gasteiger charge is 2.38. The molecule has 1 aromatic heterocycles. The van der Waals surface area contributed by atoms with Crippen molar-refractivity contribution in [3.05, 3.63) is 11.3 Å². The Morgan fingerprint density at radius 1 is 1.47 bits per heavy atom. The largest absolute Gasteiger partial charge is 0.384 e. The number of nitrogens with zero attached hydrogens (tertiary/aromatic N) is 2. The van der Waals surface area contributed by atoms with E-state index in [4.69, 9.17) is 5.73 Å². The lowest BCUT2D eigenvalue weighted by molar-refractivity contribution is 0.261. The lowest BCUT2D eigenvalue weighted by Gasteiger charge is -2.37. The van der Waals surface area contributed by atoms with Crippen LogP contribution in [0.3, 0.4) is 0 Å². The third kappa shape index (κ3) is 1.54. The van der Waals surface area contributed by atoms with Crippen molar-refractivity contribution in [2.24, 2.45) is 7.05 Å². The third-order valence-electron chi connectivity index (χ3n) is 3.72. The fourth-order valence-corrected chi connectivity index (χ4v) is 2.51. The van der Waals surface area contributed by atoms with Crippen LogP contribution in [-0.4, -0.2) is 9.78 Å². The van der Waals surface area contributed by atoms with Crippen molar-refractivity contribution in [1.82, 2.24) is 9.78 Å². The van der Waals surface area contributed by atoms with Crippen molar-refractivity contribution in [1.29, 1.82) is 0 Å². The van der Waals surface area contributed by atoms with Gasteiger partial charge in [0.2, 0.25) is 0 Å². The van der Waals surface area contributed by atoms with Gasteiger partial charge in [-0.2, -0.15) is 5.10 Å². The molecule has 3 nitrogen and oxygen atoms in total. The second-order valence-corrected chi connectivity index (χ2v) is 5.00. The lowest BCUT2D eigenvalue weighted by Crippen LogP contribution is -2.32. The molecule has 0 radical (unpaired) electrons. The fourth-order valence-electron chi connectivity index (χ4n) is 2.51. The van der Waals surface area contributed by atoms with Gasteiger partial charge in [-0.05, 0) is 19.3 Å². The number of nitrogens with two attached hydrogens (primary N) is 1. The summed E-state index contributed by atoms with van der Waals surface area (Å²) in [5.74, 6) is 0.861. The number of aromatic nitrogens is 2. The molecule has 0 aliphatic heterocycles. The Balaban J connectivity index is 2.41. The Kier molecular flexibility index (Phi) is 2.49. The molecule has 0 bridgehead atoms. The number of anilines is 1. The van der Waals surface area contributed by atoms with E-state index in [0.717, 1.165) is 18.7 Å². The minimum atomic E-state index is 0.305. The second kappa shape index (κ2) is 3.54. The topological polar surface area (TPSA) is 43.8 Å². The van der Waals surface area contributed by atoms with Crippen LogP contribution in [0.15, 0.2) is 0 Å². The first-order valence-electron chi connectivity index (χ1n) is 5.90. The van der Waals surface area contributed by atoms with E-state index in [1.165, 1.54) is 30.5 Å². The summed E-state index contributed by atoms with van der Waals surface area (Å²) >= 11 is 0. The van der Waals surface area contributed by atoms with Gasteiger partial charge in [-0.1, -0.05) is 26.7 Å². The summed E-state index contributed by atoms with van der Waals surface area (Å²) in [5.41, 5.74) is 8.92. The van der Waals surface area contributed by atoms with Crippen molar-refractivity contribution in [2.75, 3.05) is 5.73 Å². The van der Waals surface area contributed by atoms with Gasteiger partial charge in [-0.3, -0.25) is 4.68 Å². The Morgan fingerprint density at radius 3 is 2.60 bits per heavy atom. The van der Waals surface area contributed by atoms with Gasteiger partial charge in [0, 0.05) is 18.0 Å². The van der Waals surface area contributed by atoms with Gasteiger partial charge in [0.1, 0.15) is 5.82 Å². The van der Waals surface area contributed by atoms with E-state index >= 15 is 0 Å². The molecule has 2 N–H and O–H groups in total. The molecule has 0 amide bonds. The van der Waals surface area contributed by atoms with Crippen molar-refractivity contribution in [2.45, 2.75) is 51.4 Å². The van der Waals surface area contributed by atoms with Crippen LogP contribution in [0.4, 0.5) is 5.82 Å². The molecule has 0 saturated heterocycles. The van der Waals surface area contributed by atoms with E-state index in [0.29, 0.717) is 5.41 Å². The fraction of sp³-hybridized carbons (Fsp3) is 0.750. The maximum Gasteiger partial charge on any atom is 0.124 e. The van der Waals surface area contributed by atoms with Crippen LogP contribution in [0.1, 0.15) is 50.8 Å². The number of nitrogen functional groups attached to an aromatic ring is 1. The summed E-state index contributed by atoms with van der Waals surface area (Å²) < 4.78 is 1.84. The molecular weight excluding hydrogens is 186 g/mol. The summed E-state index contributed by atoms with van der Waals surface area (Å²) in [6.45, 7) is 4.51. The first-order valence-corrected chi connectivity index (χ1v) is 5.90. The highest BCUT2D eigenvalue weighted by atomic mass is 15.3. The molecule has 1 aromatic rings. The van der Waals surface area contributed by atoms with Crippen LogP contribution in [0.25, 0.3) is 0 Å². The molecule has 0 spiro atoms. The van der Waals surface area contributed by atoms with E-state index in [2.05, 4.69) is 18.9 Å². The van der Waals surface area contributed by atoms with Gasteiger partial charge in [0.05, 0.1) is 5.69 Å². The first-order chi connectivity index (χ1) is 7.08. The van der Waals surface area contributed by atoms with Crippen molar-refractivity contribution < 1.29 is 0 Å². The first kappa shape index (κ1) is 10.5. The lowest BCUT2D eigenvalue weighted by atomic mass is 9.67. The minimum Gasteiger partial charge on any atom is -0.384 e. The molecule has 1 aliphatic carbocycles. The molecule has 84 valence electrons. The van der Waals surface area contributed by atoms with Crippen LogP contribution in [0, 0.1) is 0 Å². The number of hydrogen-bond acceptors (Lipinski definition) is 2. The maximum atomic E-state index is 6.07. The quantitative estimate of drug-likeness (QED) is 0.827. The highest BCUT2D eigenvalue weighted by molar-refractivity contribution is 5.46. The summed E-state index contributed by atoms with van der Waals surface area (Å²) in [7, 11) is 1.94. The van der Waals surface area contributed by atoms with E-state index in [1.807, 2.05) is 11.7 Å². The van der Waals surface area contributed by atoms with Crippen LogP contribution in [0.2, 0.25) is 0 Å². The van der Waals surface area contributed by atoms with Crippen LogP contribution < -0.4 is 5.73 Å². The third-order valence-corrected chi connectivity index (χ3v) is 3.72. The molecule has 0 atom stereocenters.